The van der Waals surface area contributed by atoms with E-state index in [0.717, 1.165) is 0 Å². The maximum absolute atomic E-state index is 13.3. The van der Waals surface area contributed by atoms with Gasteiger partial charge in [0.2, 0.25) is 0 Å². The van der Waals surface area contributed by atoms with Gasteiger partial charge in [0.1, 0.15) is 5.82 Å². The second kappa shape index (κ2) is 8.15. The molecule has 0 saturated heterocycles. The number of benzene rings is 2. The van der Waals surface area contributed by atoms with Gasteiger partial charge in [-0.15, -0.1) is 0 Å². The molecule has 0 bridgehead atoms. The predicted octanol–water partition coefficient (Wildman–Crippen LogP) is 4.49. The molecular formula is C18H19BrFNO3. The molecule has 4 nitrogen and oxygen atoms in total. The lowest BCUT2D eigenvalue weighted by Gasteiger charge is -2.16. The smallest absolute Gasteiger partial charge is 0.251 e. The average Bonchev–Trinajstić information content (AvgIpc) is 2.54. The first kappa shape index (κ1) is 18.3. The van der Waals surface area contributed by atoms with E-state index >= 15 is 0 Å². The van der Waals surface area contributed by atoms with Gasteiger partial charge >= 0.3 is 0 Å². The van der Waals surface area contributed by atoms with Crippen LogP contribution in [-0.4, -0.2) is 19.6 Å². The van der Waals surface area contributed by atoms with Crippen LogP contribution in [0.5, 0.6) is 11.5 Å². The van der Waals surface area contributed by atoms with Crippen molar-refractivity contribution in [3.63, 3.8) is 0 Å². The minimum absolute atomic E-state index is 0.281. The molecule has 128 valence electrons. The van der Waals surface area contributed by atoms with Gasteiger partial charge in [0.15, 0.2) is 11.5 Å². The molecule has 0 saturated carbocycles. The molecule has 0 fully saturated rings. The SMILES string of the molecule is CCOc1cc(C(=O)N[C@H](C)c2cccc(F)c2)cc(Br)c1OC. The zero-order valence-corrected chi connectivity index (χ0v) is 15.3. The molecule has 0 spiro atoms. The van der Waals surface area contributed by atoms with Crippen LogP contribution in [0.2, 0.25) is 0 Å². The lowest BCUT2D eigenvalue weighted by molar-refractivity contribution is 0.0939. The van der Waals surface area contributed by atoms with E-state index in [1.54, 1.807) is 31.2 Å². The summed E-state index contributed by atoms with van der Waals surface area (Å²) in [7, 11) is 1.54. The van der Waals surface area contributed by atoms with E-state index in [0.29, 0.717) is 33.7 Å². The first-order chi connectivity index (χ1) is 11.5. The van der Waals surface area contributed by atoms with Gasteiger partial charge in [-0.3, -0.25) is 4.79 Å². The molecule has 6 heteroatoms. The van der Waals surface area contributed by atoms with Gasteiger partial charge in [0.25, 0.3) is 5.91 Å². The normalized spacial score (nSPS) is 11.7. The van der Waals surface area contributed by atoms with Gasteiger partial charge in [-0.2, -0.15) is 0 Å². The highest BCUT2D eigenvalue weighted by Crippen LogP contribution is 2.36. The third-order valence-corrected chi connectivity index (χ3v) is 4.06. The Labute approximate surface area is 149 Å². The zero-order valence-electron chi connectivity index (χ0n) is 13.7. The van der Waals surface area contributed by atoms with Crippen molar-refractivity contribution in [1.29, 1.82) is 0 Å². The van der Waals surface area contributed by atoms with Crippen molar-refractivity contribution < 1.29 is 18.7 Å². The maximum atomic E-state index is 13.3. The monoisotopic (exact) mass is 395 g/mol. The Morgan fingerprint density at radius 1 is 1.33 bits per heavy atom. The van der Waals surface area contributed by atoms with Crippen LogP contribution in [0.4, 0.5) is 4.39 Å². The van der Waals surface area contributed by atoms with Gasteiger partial charge in [-0.05, 0) is 59.6 Å². The van der Waals surface area contributed by atoms with E-state index in [1.165, 1.54) is 19.2 Å². The number of rotatable bonds is 6. The Kier molecular flexibility index (Phi) is 6.20. The van der Waals surface area contributed by atoms with Crippen LogP contribution in [0.3, 0.4) is 0 Å². The molecule has 0 aliphatic carbocycles. The molecular weight excluding hydrogens is 377 g/mol. The first-order valence-electron chi connectivity index (χ1n) is 7.53. The molecule has 1 N–H and O–H groups in total. The summed E-state index contributed by atoms with van der Waals surface area (Å²) in [6, 6.07) is 9.11. The topological polar surface area (TPSA) is 47.6 Å². The van der Waals surface area contributed by atoms with Crippen LogP contribution in [0.1, 0.15) is 35.8 Å². The number of hydrogen-bond acceptors (Lipinski definition) is 3. The van der Waals surface area contributed by atoms with E-state index in [1.807, 2.05) is 6.92 Å². The molecule has 0 aromatic heterocycles. The summed E-state index contributed by atoms with van der Waals surface area (Å²) in [5.74, 6) is 0.403. The van der Waals surface area contributed by atoms with Crippen molar-refractivity contribution >= 4 is 21.8 Å². The van der Waals surface area contributed by atoms with E-state index in [9.17, 15) is 9.18 Å². The summed E-state index contributed by atoms with van der Waals surface area (Å²) in [6.45, 7) is 4.11. The number of ether oxygens (including phenoxy) is 2. The molecule has 0 unspecified atom stereocenters. The molecule has 2 rings (SSSR count). The van der Waals surface area contributed by atoms with Crippen molar-refractivity contribution in [2.75, 3.05) is 13.7 Å². The minimum atomic E-state index is -0.334. The molecule has 2 aromatic rings. The lowest BCUT2D eigenvalue weighted by Crippen LogP contribution is -2.26. The second-order valence-electron chi connectivity index (χ2n) is 5.17. The molecule has 0 heterocycles. The highest BCUT2D eigenvalue weighted by atomic mass is 79.9. The van der Waals surface area contributed by atoms with Crippen LogP contribution in [0, 0.1) is 5.82 Å². The summed E-state index contributed by atoms with van der Waals surface area (Å²) in [5, 5.41) is 2.85. The predicted molar refractivity (Wildman–Crippen MR) is 94.1 cm³/mol. The van der Waals surface area contributed by atoms with E-state index in [4.69, 9.17) is 9.47 Å². The van der Waals surface area contributed by atoms with Gasteiger partial charge in [-0.1, -0.05) is 12.1 Å². The summed E-state index contributed by atoms with van der Waals surface area (Å²) in [5.41, 5.74) is 1.12. The van der Waals surface area contributed by atoms with Crippen molar-refractivity contribution in [1.82, 2.24) is 5.32 Å². The Morgan fingerprint density at radius 3 is 2.71 bits per heavy atom. The highest BCUT2D eigenvalue weighted by molar-refractivity contribution is 9.10. The standard InChI is InChI=1S/C18H19BrFNO3/c1-4-24-16-10-13(9-15(19)17(16)23-3)18(22)21-11(2)12-6-5-7-14(20)8-12/h5-11H,4H2,1-3H3,(H,21,22)/t11-/m1/s1. The fourth-order valence-corrected chi connectivity index (χ4v) is 2.90. The van der Waals surface area contributed by atoms with Gasteiger partial charge in [0.05, 0.1) is 24.2 Å². The number of halogens is 2. The van der Waals surface area contributed by atoms with Crippen molar-refractivity contribution in [2.24, 2.45) is 0 Å². The number of carbonyl (C=O) groups is 1. The Hall–Kier alpha value is -2.08. The number of nitrogens with one attached hydrogen (secondary N) is 1. The summed E-state index contributed by atoms with van der Waals surface area (Å²) in [6.07, 6.45) is 0. The number of carbonyl (C=O) groups excluding carboxylic acids is 1. The first-order valence-corrected chi connectivity index (χ1v) is 8.32. The van der Waals surface area contributed by atoms with E-state index in [-0.39, 0.29) is 17.8 Å². The van der Waals surface area contributed by atoms with Gasteiger partial charge in [0, 0.05) is 5.56 Å². The van der Waals surface area contributed by atoms with Gasteiger partial charge in [-0.25, -0.2) is 4.39 Å². The Bertz CT molecular complexity index is 736. The van der Waals surface area contributed by atoms with Crippen LogP contribution in [-0.2, 0) is 0 Å². The zero-order chi connectivity index (χ0) is 17.7. The number of amides is 1. The fourth-order valence-electron chi connectivity index (χ4n) is 2.30. The van der Waals surface area contributed by atoms with Crippen LogP contribution in [0.15, 0.2) is 40.9 Å². The number of hydrogen-bond donors (Lipinski definition) is 1. The Balaban J connectivity index is 2.23. The molecule has 2 aromatic carbocycles. The summed E-state index contributed by atoms with van der Waals surface area (Å²) < 4.78 is 24.7. The third kappa shape index (κ3) is 4.26. The largest absolute Gasteiger partial charge is 0.492 e. The van der Waals surface area contributed by atoms with Gasteiger partial charge < -0.3 is 14.8 Å². The Morgan fingerprint density at radius 2 is 2.08 bits per heavy atom. The number of methoxy groups -OCH3 is 1. The van der Waals surface area contributed by atoms with Crippen LogP contribution >= 0.6 is 15.9 Å². The summed E-state index contributed by atoms with van der Waals surface area (Å²) in [4.78, 5) is 12.5. The van der Waals surface area contributed by atoms with Crippen molar-refractivity contribution in [2.45, 2.75) is 19.9 Å². The molecule has 0 radical (unpaired) electrons. The second-order valence-corrected chi connectivity index (χ2v) is 6.03. The average molecular weight is 396 g/mol. The van der Waals surface area contributed by atoms with Crippen molar-refractivity contribution in [3.8, 4) is 11.5 Å². The molecule has 0 aliphatic rings. The highest BCUT2D eigenvalue weighted by Gasteiger charge is 2.17. The molecule has 0 aliphatic heterocycles. The molecule has 1 atom stereocenters. The molecule has 24 heavy (non-hydrogen) atoms. The van der Waals surface area contributed by atoms with Crippen molar-refractivity contribution in [3.05, 3.63) is 57.8 Å². The van der Waals surface area contributed by atoms with Crippen LogP contribution < -0.4 is 14.8 Å². The lowest BCUT2D eigenvalue weighted by atomic mass is 10.1. The summed E-state index contributed by atoms with van der Waals surface area (Å²) >= 11 is 3.38. The van der Waals surface area contributed by atoms with E-state index < -0.39 is 0 Å². The van der Waals surface area contributed by atoms with E-state index in [2.05, 4.69) is 21.2 Å². The van der Waals surface area contributed by atoms with Crippen LogP contribution in [0.25, 0.3) is 0 Å². The third-order valence-electron chi connectivity index (χ3n) is 3.47. The minimum Gasteiger partial charge on any atom is -0.492 e. The fraction of sp³-hybridized carbons (Fsp3) is 0.278. The quantitative estimate of drug-likeness (QED) is 0.783. The molecule has 1 amide bonds. The maximum Gasteiger partial charge on any atom is 0.251 e.